The maximum absolute atomic E-state index is 14.8. The van der Waals surface area contributed by atoms with Crippen molar-refractivity contribution in [3.63, 3.8) is 0 Å². The fourth-order valence-electron chi connectivity index (χ4n) is 3.19. The molecule has 0 amide bonds. The summed E-state index contributed by atoms with van der Waals surface area (Å²) in [5, 5.41) is 3.04. The zero-order chi connectivity index (χ0) is 22.9. The summed E-state index contributed by atoms with van der Waals surface area (Å²) >= 11 is 1.23. The van der Waals surface area contributed by atoms with Crippen molar-refractivity contribution >= 4 is 37.9 Å². The van der Waals surface area contributed by atoms with Gasteiger partial charge in [0.05, 0.1) is 10.6 Å². The number of nitrogens with zero attached hydrogens (tertiary/aromatic N) is 1. The molecule has 4 rings (SSSR count). The summed E-state index contributed by atoms with van der Waals surface area (Å²) in [6, 6.07) is 17.1. The number of hydrogen-bond donors (Lipinski definition) is 0. The number of ether oxygens (including phenoxy) is 1. The van der Waals surface area contributed by atoms with Gasteiger partial charge in [-0.05, 0) is 22.9 Å². The molecule has 0 spiro atoms. The van der Waals surface area contributed by atoms with Gasteiger partial charge in [-0.15, -0.1) is 11.3 Å². The van der Waals surface area contributed by atoms with E-state index in [-0.39, 0.29) is 10.3 Å². The number of alkyl halides is 2. The van der Waals surface area contributed by atoms with Crippen LogP contribution in [0.15, 0.2) is 77.0 Å². The average molecular weight is 474 g/mol. The molecule has 0 unspecified atom stereocenters. The van der Waals surface area contributed by atoms with Gasteiger partial charge in [0.2, 0.25) is 0 Å². The molecule has 0 aliphatic rings. The summed E-state index contributed by atoms with van der Waals surface area (Å²) in [6.45, 7) is -0.406. The van der Waals surface area contributed by atoms with Crippen molar-refractivity contribution in [2.24, 2.45) is 0 Å². The Labute approximate surface area is 187 Å². The molecule has 3 aromatic carbocycles. The topological polar surface area (TPSA) is 73.3 Å². The minimum Gasteiger partial charge on any atom is -0.454 e. The van der Waals surface area contributed by atoms with E-state index in [1.54, 1.807) is 41.8 Å². The predicted octanol–water partition coefficient (Wildman–Crippen LogP) is 5.20. The lowest BCUT2D eigenvalue weighted by atomic mass is 10.00. The number of carbonyl (C=O) groups excluding carboxylic acids is 1. The Kier molecular flexibility index (Phi) is 5.79. The van der Waals surface area contributed by atoms with Gasteiger partial charge in [-0.1, -0.05) is 54.6 Å². The molecular weight excluding hydrogens is 456 g/mol. The normalized spacial score (nSPS) is 12.1. The van der Waals surface area contributed by atoms with Crippen molar-refractivity contribution in [2.75, 3.05) is 6.26 Å². The maximum Gasteiger partial charge on any atom is 0.382 e. The summed E-state index contributed by atoms with van der Waals surface area (Å²) in [7, 11) is -3.31. The molecule has 32 heavy (non-hydrogen) atoms. The van der Waals surface area contributed by atoms with E-state index in [0.717, 1.165) is 6.26 Å². The third kappa shape index (κ3) is 4.39. The molecule has 0 saturated carbocycles. The highest BCUT2D eigenvalue weighted by Crippen LogP contribution is 2.35. The number of halogens is 2. The fraction of sp³-hybridized carbons (Fsp3) is 0.130. The maximum atomic E-state index is 14.8. The molecule has 0 aliphatic heterocycles. The van der Waals surface area contributed by atoms with Crippen molar-refractivity contribution in [1.29, 1.82) is 0 Å². The zero-order valence-electron chi connectivity index (χ0n) is 16.8. The molecule has 0 radical (unpaired) electrons. The van der Waals surface area contributed by atoms with Crippen molar-refractivity contribution in [1.82, 2.24) is 4.98 Å². The molecule has 0 fully saturated rings. The van der Waals surface area contributed by atoms with E-state index < -0.39 is 33.9 Å². The minimum absolute atomic E-state index is 0.183. The number of fused-ring (bicyclic) bond motifs is 1. The molecule has 0 bridgehead atoms. The molecule has 1 aromatic heterocycles. The highest BCUT2D eigenvalue weighted by atomic mass is 32.2. The standard InChI is InChI=1S/C23H17F2NO4S2/c1-32(28,29)18-11-9-16(10-12-18)21-26-17(14-31-21)13-30-22(27)23(24,25)20-8-4-6-15-5-2-3-7-19(15)20/h2-12,14H,13H2,1H3. The first-order chi connectivity index (χ1) is 15.2. The van der Waals surface area contributed by atoms with E-state index >= 15 is 0 Å². The van der Waals surface area contributed by atoms with Crippen molar-refractivity contribution in [2.45, 2.75) is 17.4 Å². The third-order valence-electron chi connectivity index (χ3n) is 4.82. The van der Waals surface area contributed by atoms with Crippen LogP contribution in [-0.4, -0.2) is 25.6 Å². The van der Waals surface area contributed by atoms with E-state index in [1.807, 2.05) is 0 Å². The first kappa shape index (κ1) is 22.0. The van der Waals surface area contributed by atoms with Crippen LogP contribution in [0.4, 0.5) is 8.78 Å². The number of carbonyl (C=O) groups is 1. The molecule has 0 atom stereocenters. The van der Waals surface area contributed by atoms with Gasteiger partial charge in [0.15, 0.2) is 9.84 Å². The van der Waals surface area contributed by atoms with Crippen molar-refractivity contribution < 1.29 is 26.7 Å². The van der Waals surface area contributed by atoms with Gasteiger partial charge in [-0.2, -0.15) is 8.78 Å². The van der Waals surface area contributed by atoms with Gasteiger partial charge in [0.25, 0.3) is 0 Å². The Morgan fingerprint density at radius 3 is 2.44 bits per heavy atom. The Morgan fingerprint density at radius 2 is 1.72 bits per heavy atom. The number of sulfone groups is 1. The van der Waals surface area contributed by atoms with Gasteiger partial charge in [0, 0.05) is 22.8 Å². The summed E-state index contributed by atoms with van der Waals surface area (Å²) in [5.41, 5.74) is 0.575. The molecule has 0 saturated heterocycles. The van der Waals surface area contributed by atoms with Gasteiger partial charge < -0.3 is 4.74 Å². The Bertz CT molecular complexity index is 1390. The molecule has 0 aliphatic carbocycles. The van der Waals surface area contributed by atoms with Crippen LogP contribution in [0.1, 0.15) is 11.3 Å². The number of esters is 1. The molecular formula is C23H17F2NO4S2. The number of aromatic nitrogens is 1. The number of rotatable bonds is 6. The van der Waals surface area contributed by atoms with Crippen LogP contribution in [-0.2, 0) is 31.9 Å². The van der Waals surface area contributed by atoms with Crippen molar-refractivity contribution in [3.05, 3.63) is 83.4 Å². The molecule has 1 heterocycles. The Balaban J connectivity index is 1.48. The van der Waals surface area contributed by atoms with E-state index in [9.17, 15) is 22.0 Å². The zero-order valence-corrected chi connectivity index (χ0v) is 18.4. The minimum atomic E-state index is -3.82. The number of thiazole rings is 1. The Hall–Kier alpha value is -3.17. The SMILES string of the molecule is CS(=O)(=O)c1ccc(-c2nc(COC(=O)C(F)(F)c3cccc4ccccc34)cs2)cc1. The summed E-state index contributed by atoms with van der Waals surface area (Å²) in [6.07, 6.45) is 1.12. The first-order valence-electron chi connectivity index (χ1n) is 9.44. The highest BCUT2D eigenvalue weighted by Gasteiger charge is 2.44. The molecule has 164 valence electrons. The first-order valence-corrected chi connectivity index (χ1v) is 12.2. The van der Waals surface area contributed by atoms with Crippen molar-refractivity contribution in [3.8, 4) is 10.6 Å². The van der Waals surface area contributed by atoms with Crippen LogP contribution in [0, 0.1) is 0 Å². The van der Waals surface area contributed by atoms with Crippen LogP contribution >= 0.6 is 11.3 Å². The van der Waals surface area contributed by atoms with Crippen LogP contribution in [0.5, 0.6) is 0 Å². The quantitative estimate of drug-likeness (QED) is 0.360. The van der Waals surface area contributed by atoms with E-state index in [1.165, 1.54) is 41.7 Å². The van der Waals surface area contributed by atoms with E-state index in [0.29, 0.717) is 21.7 Å². The predicted molar refractivity (Wildman–Crippen MR) is 118 cm³/mol. The average Bonchev–Trinajstić information content (AvgIpc) is 3.25. The third-order valence-corrected chi connectivity index (χ3v) is 6.89. The van der Waals surface area contributed by atoms with Crippen LogP contribution in [0.25, 0.3) is 21.3 Å². The number of hydrogen-bond acceptors (Lipinski definition) is 6. The van der Waals surface area contributed by atoms with Gasteiger partial charge in [-0.25, -0.2) is 18.2 Å². The second kappa shape index (κ2) is 8.40. The van der Waals surface area contributed by atoms with E-state index in [2.05, 4.69) is 4.98 Å². The van der Waals surface area contributed by atoms with Crippen LogP contribution in [0.3, 0.4) is 0 Å². The lowest BCUT2D eigenvalue weighted by Gasteiger charge is -2.17. The van der Waals surface area contributed by atoms with Crippen LogP contribution in [0.2, 0.25) is 0 Å². The number of benzene rings is 3. The molecule has 0 N–H and O–H groups in total. The lowest BCUT2D eigenvalue weighted by molar-refractivity contribution is -0.175. The fourth-order valence-corrected chi connectivity index (χ4v) is 4.63. The monoisotopic (exact) mass is 473 g/mol. The smallest absolute Gasteiger partial charge is 0.382 e. The largest absolute Gasteiger partial charge is 0.454 e. The van der Waals surface area contributed by atoms with E-state index in [4.69, 9.17) is 4.74 Å². The summed E-state index contributed by atoms with van der Waals surface area (Å²) in [5.74, 6) is -5.47. The molecule has 9 heteroatoms. The molecule has 4 aromatic rings. The lowest BCUT2D eigenvalue weighted by Crippen LogP contribution is -2.28. The second-order valence-corrected chi connectivity index (χ2v) is 9.99. The summed E-state index contributed by atoms with van der Waals surface area (Å²) in [4.78, 5) is 16.7. The highest BCUT2D eigenvalue weighted by molar-refractivity contribution is 7.90. The molecule has 5 nitrogen and oxygen atoms in total. The van der Waals surface area contributed by atoms with Gasteiger partial charge in [0.1, 0.15) is 11.6 Å². The van der Waals surface area contributed by atoms with Gasteiger partial charge >= 0.3 is 11.9 Å². The Morgan fingerprint density at radius 1 is 1.03 bits per heavy atom. The van der Waals surface area contributed by atoms with Gasteiger partial charge in [-0.3, -0.25) is 0 Å². The summed E-state index contributed by atoms with van der Waals surface area (Å²) < 4.78 is 57.7. The second-order valence-electron chi connectivity index (χ2n) is 7.12. The van der Waals surface area contributed by atoms with Crippen LogP contribution < -0.4 is 0 Å².